The normalized spacial score (nSPS) is 14.1. The number of ether oxygens (including phenoxy) is 2. The number of benzene rings is 1. The van der Waals surface area contributed by atoms with Crippen LogP contribution in [0.3, 0.4) is 0 Å². The summed E-state index contributed by atoms with van der Waals surface area (Å²) in [6.45, 7) is 10.4. The highest BCUT2D eigenvalue weighted by Crippen LogP contribution is 2.18. The van der Waals surface area contributed by atoms with Gasteiger partial charge in [0.25, 0.3) is 0 Å². The molecule has 1 aromatic carbocycles. The molecular weight excluding hydrogens is 308 g/mol. The quantitative estimate of drug-likeness (QED) is 0.428. The predicted molar refractivity (Wildman–Crippen MR) is 91.4 cm³/mol. The molecule has 0 aliphatic rings. The number of esters is 2. The zero-order chi connectivity index (χ0) is 18.1. The van der Waals surface area contributed by atoms with Gasteiger partial charge in [-0.05, 0) is 24.5 Å². The molecule has 0 saturated carbocycles. The molecule has 0 aliphatic heterocycles. The van der Waals surface area contributed by atoms with Gasteiger partial charge in [-0.25, -0.2) is 9.59 Å². The topological polar surface area (TPSA) is 72.8 Å². The molecule has 0 heterocycles. The smallest absolute Gasteiger partial charge is 0.338 e. The minimum Gasteiger partial charge on any atom is -0.459 e. The Kier molecular flexibility index (Phi) is 7.92. The van der Waals surface area contributed by atoms with Crippen molar-refractivity contribution in [2.24, 2.45) is 5.92 Å². The van der Waals surface area contributed by atoms with Gasteiger partial charge in [0.2, 0.25) is 0 Å². The molecule has 0 bridgehead atoms. The Hall–Kier alpha value is -2.40. The molecule has 0 saturated heterocycles. The molecule has 1 aromatic rings. The van der Waals surface area contributed by atoms with Crippen molar-refractivity contribution in [3.63, 3.8) is 0 Å². The van der Waals surface area contributed by atoms with E-state index in [9.17, 15) is 14.7 Å². The minimum atomic E-state index is -1.13. The maximum absolute atomic E-state index is 12.2. The van der Waals surface area contributed by atoms with Crippen LogP contribution in [0.4, 0.5) is 0 Å². The fourth-order valence-corrected chi connectivity index (χ4v) is 2.00. The second kappa shape index (κ2) is 9.67. The zero-order valence-corrected chi connectivity index (χ0v) is 14.1. The van der Waals surface area contributed by atoms with E-state index in [4.69, 9.17) is 9.47 Å². The van der Waals surface area contributed by atoms with Crippen molar-refractivity contribution in [1.29, 1.82) is 0 Å². The molecule has 0 radical (unpaired) electrons. The number of aliphatic hydroxyl groups excluding tert-OH is 1. The summed E-state index contributed by atoms with van der Waals surface area (Å²) in [6.07, 6.45) is 0.0506. The van der Waals surface area contributed by atoms with Gasteiger partial charge >= 0.3 is 11.9 Å². The van der Waals surface area contributed by atoms with Gasteiger partial charge in [0.15, 0.2) is 0 Å². The van der Waals surface area contributed by atoms with Gasteiger partial charge in [0.05, 0.1) is 11.1 Å². The van der Waals surface area contributed by atoms with Crippen LogP contribution >= 0.6 is 0 Å². The number of carbonyl (C=O) groups excluding carboxylic acids is 2. The Labute approximate surface area is 142 Å². The summed E-state index contributed by atoms with van der Waals surface area (Å²) in [4.78, 5) is 23.8. The van der Waals surface area contributed by atoms with Crippen LogP contribution in [-0.2, 0) is 14.3 Å². The van der Waals surface area contributed by atoms with E-state index in [1.54, 1.807) is 30.3 Å². The third-order valence-corrected chi connectivity index (χ3v) is 3.73. The molecule has 1 rings (SSSR count). The lowest BCUT2D eigenvalue weighted by Crippen LogP contribution is -2.40. The van der Waals surface area contributed by atoms with Crippen LogP contribution in [0, 0.1) is 5.92 Å². The van der Waals surface area contributed by atoms with Gasteiger partial charge in [-0.15, -0.1) is 0 Å². The van der Waals surface area contributed by atoms with E-state index in [0.717, 1.165) is 0 Å². The van der Waals surface area contributed by atoms with Gasteiger partial charge in [-0.3, -0.25) is 0 Å². The number of hydrogen-bond acceptors (Lipinski definition) is 5. The van der Waals surface area contributed by atoms with Crippen LogP contribution in [-0.4, -0.2) is 35.9 Å². The number of carbonyl (C=O) groups is 2. The van der Waals surface area contributed by atoms with Gasteiger partial charge in [-0.2, -0.15) is 0 Å². The first-order chi connectivity index (χ1) is 11.4. The monoisotopic (exact) mass is 332 g/mol. The second-order valence-corrected chi connectivity index (χ2v) is 5.52. The van der Waals surface area contributed by atoms with E-state index in [-0.39, 0.29) is 18.1 Å². The fourth-order valence-electron chi connectivity index (χ4n) is 2.00. The molecule has 0 spiro atoms. The van der Waals surface area contributed by atoms with Gasteiger partial charge in [-0.1, -0.05) is 51.3 Å². The summed E-state index contributed by atoms with van der Waals surface area (Å²) in [6, 6.07) is 8.53. The molecule has 2 unspecified atom stereocenters. The first-order valence-electron chi connectivity index (χ1n) is 7.83. The van der Waals surface area contributed by atoms with Crippen LogP contribution < -0.4 is 0 Å². The van der Waals surface area contributed by atoms with Crippen molar-refractivity contribution in [3.8, 4) is 0 Å². The lowest BCUT2D eigenvalue weighted by Gasteiger charge is -2.27. The first kappa shape index (κ1) is 19.6. The predicted octanol–water partition coefficient (Wildman–Crippen LogP) is 2.90. The summed E-state index contributed by atoms with van der Waals surface area (Å²) in [5, 5.41) is 10.3. The Morgan fingerprint density at radius 1 is 1.29 bits per heavy atom. The molecule has 0 fully saturated rings. The fraction of sp³-hybridized carbons (Fsp3) is 0.368. The number of hydrogen-bond donors (Lipinski definition) is 1. The van der Waals surface area contributed by atoms with E-state index in [2.05, 4.69) is 13.2 Å². The summed E-state index contributed by atoms with van der Waals surface area (Å²) >= 11 is 0. The lowest BCUT2D eigenvalue weighted by molar-refractivity contribution is -0.145. The molecule has 5 heteroatoms. The highest BCUT2D eigenvalue weighted by Gasteiger charge is 2.29. The van der Waals surface area contributed by atoms with Gasteiger partial charge < -0.3 is 14.6 Å². The SMILES string of the molecule is C=CC(=C)C(=O)OCC(O)[C@@H](OC(=O)c1ccccc1)C(C)CC. The third kappa shape index (κ3) is 5.66. The standard InChI is InChI=1S/C19H24O5/c1-5-13(3)17(16(20)12-23-18(21)14(4)6-2)24-19(22)15-10-8-7-9-11-15/h6-11,13,16-17,20H,2,4-5,12H2,1,3H3/t13?,16?,17-/m0/s1. The van der Waals surface area contributed by atoms with Crippen LogP contribution in [0.1, 0.15) is 30.6 Å². The third-order valence-electron chi connectivity index (χ3n) is 3.73. The van der Waals surface area contributed by atoms with Crippen LogP contribution in [0.25, 0.3) is 0 Å². The van der Waals surface area contributed by atoms with Crippen molar-refractivity contribution in [1.82, 2.24) is 0 Å². The molecular formula is C19H24O5. The molecule has 3 atom stereocenters. The van der Waals surface area contributed by atoms with Crippen molar-refractivity contribution >= 4 is 11.9 Å². The molecule has 24 heavy (non-hydrogen) atoms. The van der Waals surface area contributed by atoms with Crippen LogP contribution in [0.5, 0.6) is 0 Å². The molecule has 0 aliphatic carbocycles. The minimum absolute atomic E-state index is 0.101. The summed E-state index contributed by atoms with van der Waals surface area (Å²) in [5.41, 5.74) is 0.499. The Morgan fingerprint density at radius 3 is 2.46 bits per heavy atom. The summed E-state index contributed by atoms with van der Waals surface area (Å²) in [7, 11) is 0. The van der Waals surface area contributed by atoms with E-state index < -0.39 is 24.1 Å². The Bertz CT molecular complexity index is 579. The van der Waals surface area contributed by atoms with E-state index in [0.29, 0.717) is 12.0 Å². The van der Waals surface area contributed by atoms with Crippen LogP contribution in [0.2, 0.25) is 0 Å². The van der Waals surface area contributed by atoms with E-state index in [1.165, 1.54) is 6.08 Å². The van der Waals surface area contributed by atoms with E-state index in [1.807, 2.05) is 13.8 Å². The van der Waals surface area contributed by atoms with Crippen molar-refractivity contribution < 1.29 is 24.2 Å². The maximum Gasteiger partial charge on any atom is 0.338 e. The van der Waals surface area contributed by atoms with Crippen molar-refractivity contribution in [2.75, 3.05) is 6.61 Å². The van der Waals surface area contributed by atoms with Gasteiger partial charge in [0, 0.05) is 0 Å². The van der Waals surface area contributed by atoms with Crippen molar-refractivity contribution in [2.45, 2.75) is 32.5 Å². The molecule has 5 nitrogen and oxygen atoms in total. The first-order valence-corrected chi connectivity index (χ1v) is 7.83. The number of aliphatic hydroxyl groups is 1. The molecule has 1 N–H and O–H groups in total. The Balaban J connectivity index is 2.74. The number of rotatable bonds is 9. The molecule has 0 amide bonds. The Morgan fingerprint density at radius 2 is 1.92 bits per heavy atom. The lowest BCUT2D eigenvalue weighted by atomic mass is 9.97. The zero-order valence-electron chi connectivity index (χ0n) is 14.1. The van der Waals surface area contributed by atoms with E-state index >= 15 is 0 Å². The maximum atomic E-state index is 12.2. The summed E-state index contributed by atoms with van der Waals surface area (Å²) in [5.74, 6) is -1.29. The summed E-state index contributed by atoms with van der Waals surface area (Å²) < 4.78 is 10.4. The van der Waals surface area contributed by atoms with Crippen LogP contribution in [0.15, 0.2) is 55.1 Å². The highest BCUT2D eigenvalue weighted by atomic mass is 16.6. The molecule has 0 aromatic heterocycles. The van der Waals surface area contributed by atoms with Gasteiger partial charge in [0.1, 0.15) is 18.8 Å². The van der Waals surface area contributed by atoms with Crippen molar-refractivity contribution in [3.05, 3.63) is 60.7 Å². The molecule has 130 valence electrons. The average molecular weight is 332 g/mol. The second-order valence-electron chi connectivity index (χ2n) is 5.52. The largest absolute Gasteiger partial charge is 0.459 e. The average Bonchev–Trinajstić information content (AvgIpc) is 2.62. The highest BCUT2D eigenvalue weighted by molar-refractivity contribution is 5.90.